The highest BCUT2D eigenvalue weighted by Crippen LogP contribution is 2.43. The summed E-state index contributed by atoms with van der Waals surface area (Å²) in [5, 5.41) is 7.57. The summed E-state index contributed by atoms with van der Waals surface area (Å²) in [6, 6.07) is 22.6. The van der Waals surface area contributed by atoms with E-state index in [1.165, 1.54) is 21.0 Å². The third-order valence-electron chi connectivity index (χ3n) is 4.87. The summed E-state index contributed by atoms with van der Waals surface area (Å²) in [7, 11) is 0. The largest absolute Gasteiger partial charge is 0.272 e. The fraction of sp³-hybridized carbons (Fsp3) is 0.136. The number of aryl methyl sites for hydroxylation is 1. The summed E-state index contributed by atoms with van der Waals surface area (Å²) < 4.78 is 1.46. The number of benzene rings is 3. The van der Waals surface area contributed by atoms with Gasteiger partial charge in [-0.3, -0.25) is 4.79 Å². The maximum absolute atomic E-state index is 12.8. The van der Waals surface area contributed by atoms with E-state index in [4.69, 9.17) is 0 Å². The van der Waals surface area contributed by atoms with Crippen molar-refractivity contribution in [2.45, 2.75) is 23.8 Å². The smallest absolute Gasteiger partial charge is 0.250 e. The van der Waals surface area contributed by atoms with Crippen LogP contribution in [0.3, 0.4) is 0 Å². The molecule has 1 atom stereocenters. The average Bonchev–Trinajstić information content (AvgIpc) is 3.12. The molecule has 0 amide bonds. The van der Waals surface area contributed by atoms with Crippen LogP contribution in [0.15, 0.2) is 71.9 Å². The summed E-state index contributed by atoms with van der Waals surface area (Å²) >= 11 is 1.62. The van der Waals surface area contributed by atoms with E-state index in [-0.39, 0.29) is 11.2 Å². The van der Waals surface area contributed by atoms with Gasteiger partial charge in [-0.1, -0.05) is 78.0 Å². The van der Waals surface area contributed by atoms with Gasteiger partial charge in [0, 0.05) is 17.2 Å². The number of nitrogens with zero attached hydrogens (tertiary/aromatic N) is 3. The van der Waals surface area contributed by atoms with Crippen molar-refractivity contribution in [2.75, 3.05) is 0 Å². The van der Waals surface area contributed by atoms with Gasteiger partial charge in [-0.2, -0.15) is 4.68 Å². The van der Waals surface area contributed by atoms with Crippen LogP contribution in [0.5, 0.6) is 0 Å². The third kappa shape index (κ3) is 2.84. The minimum atomic E-state index is -0.00640. The van der Waals surface area contributed by atoms with Crippen molar-refractivity contribution in [3.8, 4) is 11.4 Å². The van der Waals surface area contributed by atoms with Gasteiger partial charge in [-0.25, -0.2) is 4.98 Å². The average molecular weight is 371 g/mol. The lowest BCUT2D eigenvalue weighted by molar-refractivity contribution is 0.0868. The van der Waals surface area contributed by atoms with E-state index in [9.17, 15) is 4.79 Å². The topological polar surface area (TPSA) is 47.8 Å². The second kappa shape index (κ2) is 6.35. The van der Waals surface area contributed by atoms with Crippen molar-refractivity contribution in [3.05, 3.63) is 77.9 Å². The normalized spacial score (nSPS) is 16.5. The standard InChI is InChI=1S/C22H17N3OS/c1-14-6-4-9-16(12-14)21-23-22-25(24-21)20(26)13-19(27-22)18-11-5-8-15-7-2-3-10-17(15)18/h2-12,19H,13H2,1H3/t19-/m0/s1. The van der Waals surface area contributed by atoms with E-state index < -0.39 is 0 Å². The SMILES string of the molecule is Cc1cccc(-c2nc3n(n2)C(=O)C[C@@H](c2cccc4ccccc24)S3)c1. The van der Waals surface area contributed by atoms with Gasteiger partial charge < -0.3 is 0 Å². The quantitative estimate of drug-likeness (QED) is 0.481. The minimum absolute atomic E-state index is 0.00640. The zero-order valence-corrected chi connectivity index (χ0v) is 15.6. The Labute approximate surface area is 161 Å². The summed E-state index contributed by atoms with van der Waals surface area (Å²) in [4.78, 5) is 17.4. The van der Waals surface area contributed by atoms with Crippen LogP contribution in [0.1, 0.15) is 27.6 Å². The first-order chi connectivity index (χ1) is 13.2. The van der Waals surface area contributed by atoms with E-state index >= 15 is 0 Å². The Balaban J connectivity index is 1.55. The Morgan fingerprint density at radius 2 is 1.85 bits per heavy atom. The Morgan fingerprint density at radius 3 is 2.74 bits per heavy atom. The van der Waals surface area contributed by atoms with Gasteiger partial charge in [0.05, 0.1) is 0 Å². The molecule has 2 heterocycles. The lowest BCUT2D eigenvalue weighted by Gasteiger charge is -2.21. The fourth-order valence-corrected chi connectivity index (χ4v) is 4.76. The van der Waals surface area contributed by atoms with Crippen LogP contribution in [0.2, 0.25) is 0 Å². The van der Waals surface area contributed by atoms with Crippen LogP contribution in [-0.2, 0) is 0 Å². The maximum Gasteiger partial charge on any atom is 0.250 e. The van der Waals surface area contributed by atoms with Gasteiger partial charge in [0.2, 0.25) is 0 Å². The van der Waals surface area contributed by atoms with E-state index in [1.54, 1.807) is 11.8 Å². The van der Waals surface area contributed by atoms with Crippen LogP contribution in [0.25, 0.3) is 22.2 Å². The van der Waals surface area contributed by atoms with Crippen molar-refractivity contribution >= 4 is 28.4 Å². The van der Waals surface area contributed by atoms with Gasteiger partial charge in [-0.05, 0) is 29.3 Å². The number of rotatable bonds is 2. The molecule has 0 unspecified atom stereocenters. The molecule has 0 saturated heterocycles. The number of fused-ring (bicyclic) bond motifs is 2. The number of carbonyl (C=O) groups is 1. The zero-order valence-electron chi connectivity index (χ0n) is 14.8. The summed E-state index contributed by atoms with van der Waals surface area (Å²) in [6.07, 6.45) is 0.419. The molecular formula is C22H17N3OS. The molecule has 4 nitrogen and oxygen atoms in total. The molecule has 132 valence electrons. The Morgan fingerprint density at radius 1 is 1.04 bits per heavy atom. The van der Waals surface area contributed by atoms with E-state index in [1.807, 2.05) is 43.3 Å². The molecule has 0 aliphatic carbocycles. The molecule has 1 aliphatic heterocycles. The van der Waals surface area contributed by atoms with E-state index in [2.05, 4.69) is 40.4 Å². The van der Waals surface area contributed by atoms with Crippen molar-refractivity contribution in [1.82, 2.24) is 14.8 Å². The highest BCUT2D eigenvalue weighted by molar-refractivity contribution is 7.99. The predicted molar refractivity (Wildman–Crippen MR) is 108 cm³/mol. The van der Waals surface area contributed by atoms with Crippen molar-refractivity contribution in [3.63, 3.8) is 0 Å². The van der Waals surface area contributed by atoms with Gasteiger partial charge in [0.25, 0.3) is 5.91 Å². The highest BCUT2D eigenvalue weighted by Gasteiger charge is 2.30. The zero-order chi connectivity index (χ0) is 18.4. The first kappa shape index (κ1) is 16.3. The minimum Gasteiger partial charge on any atom is -0.272 e. The van der Waals surface area contributed by atoms with Gasteiger partial charge in [-0.15, -0.1) is 5.10 Å². The Hall–Kier alpha value is -2.92. The molecule has 0 N–H and O–H groups in total. The molecule has 0 bridgehead atoms. The lowest BCUT2D eigenvalue weighted by Crippen LogP contribution is -2.21. The first-order valence-corrected chi connectivity index (χ1v) is 9.78. The van der Waals surface area contributed by atoms with Crippen LogP contribution in [0.4, 0.5) is 0 Å². The highest BCUT2D eigenvalue weighted by atomic mass is 32.2. The summed E-state index contributed by atoms with van der Waals surface area (Å²) in [5.41, 5.74) is 3.26. The number of carbonyl (C=O) groups excluding carboxylic acids is 1. The lowest BCUT2D eigenvalue weighted by atomic mass is 10.0. The van der Waals surface area contributed by atoms with Crippen molar-refractivity contribution in [1.29, 1.82) is 0 Å². The molecule has 0 radical (unpaired) electrons. The van der Waals surface area contributed by atoms with Gasteiger partial charge in [0.15, 0.2) is 11.0 Å². The maximum atomic E-state index is 12.8. The number of hydrogen-bond acceptors (Lipinski definition) is 4. The van der Waals surface area contributed by atoms with Crippen molar-refractivity contribution < 1.29 is 4.79 Å². The Kier molecular flexibility index (Phi) is 3.83. The van der Waals surface area contributed by atoms with Crippen LogP contribution >= 0.6 is 11.8 Å². The third-order valence-corrected chi connectivity index (χ3v) is 6.05. The predicted octanol–water partition coefficient (Wildman–Crippen LogP) is 5.28. The Bertz CT molecular complexity index is 1180. The second-order valence-electron chi connectivity index (χ2n) is 6.77. The molecule has 27 heavy (non-hydrogen) atoms. The number of aromatic nitrogens is 3. The summed E-state index contributed by atoms with van der Waals surface area (Å²) in [5.74, 6) is 0.598. The molecule has 5 heteroatoms. The van der Waals surface area contributed by atoms with Gasteiger partial charge >= 0.3 is 0 Å². The van der Waals surface area contributed by atoms with Crippen LogP contribution in [0, 0.1) is 6.92 Å². The molecule has 1 aromatic heterocycles. The number of thioether (sulfide) groups is 1. The molecule has 0 spiro atoms. The molecule has 0 fully saturated rings. The molecular weight excluding hydrogens is 354 g/mol. The van der Waals surface area contributed by atoms with Gasteiger partial charge in [0.1, 0.15) is 0 Å². The van der Waals surface area contributed by atoms with Crippen LogP contribution in [-0.4, -0.2) is 20.7 Å². The molecule has 3 aromatic carbocycles. The molecule has 5 rings (SSSR count). The second-order valence-corrected chi connectivity index (χ2v) is 7.94. The molecule has 4 aromatic rings. The number of hydrogen-bond donors (Lipinski definition) is 0. The summed E-state index contributed by atoms with van der Waals surface area (Å²) in [6.45, 7) is 2.04. The first-order valence-electron chi connectivity index (χ1n) is 8.91. The molecule has 0 saturated carbocycles. The van der Waals surface area contributed by atoms with E-state index in [0.29, 0.717) is 17.4 Å². The monoisotopic (exact) mass is 371 g/mol. The van der Waals surface area contributed by atoms with Crippen LogP contribution < -0.4 is 0 Å². The van der Waals surface area contributed by atoms with E-state index in [0.717, 1.165) is 11.1 Å². The van der Waals surface area contributed by atoms with Crippen molar-refractivity contribution in [2.24, 2.45) is 0 Å². The molecule has 1 aliphatic rings. The fourth-order valence-electron chi connectivity index (χ4n) is 3.56.